The van der Waals surface area contributed by atoms with Crippen molar-refractivity contribution in [3.63, 3.8) is 0 Å². The van der Waals surface area contributed by atoms with E-state index in [-0.39, 0.29) is 18.0 Å². The Morgan fingerprint density at radius 1 is 1.24 bits per heavy atom. The molecule has 130 valence electrons. The van der Waals surface area contributed by atoms with Crippen LogP contribution in [0.2, 0.25) is 0 Å². The van der Waals surface area contributed by atoms with Crippen LogP contribution in [0.3, 0.4) is 0 Å². The number of carboxylic acids is 1. The quantitative estimate of drug-likeness (QED) is 0.752. The molecule has 0 atom stereocenters. The smallest absolute Gasteiger partial charge is 0.339 e. The minimum absolute atomic E-state index is 0.0779. The minimum atomic E-state index is -1.06. The number of rotatable bonds is 4. The maximum atomic E-state index is 12.6. The van der Waals surface area contributed by atoms with E-state index in [9.17, 15) is 9.59 Å². The van der Waals surface area contributed by atoms with Gasteiger partial charge in [-0.1, -0.05) is 0 Å². The van der Waals surface area contributed by atoms with Gasteiger partial charge in [0.25, 0.3) is 5.91 Å². The van der Waals surface area contributed by atoms with E-state index in [0.717, 1.165) is 11.4 Å². The lowest BCUT2D eigenvalue weighted by atomic mass is 10.2. The van der Waals surface area contributed by atoms with E-state index >= 15 is 0 Å². The lowest BCUT2D eigenvalue weighted by Gasteiger charge is -2.04. The summed E-state index contributed by atoms with van der Waals surface area (Å²) in [6.45, 7) is 7.15. The zero-order valence-corrected chi connectivity index (χ0v) is 14.4. The van der Waals surface area contributed by atoms with Gasteiger partial charge in [-0.05, 0) is 39.8 Å². The van der Waals surface area contributed by atoms with Crippen molar-refractivity contribution in [1.29, 1.82) is 0 Å². The van der Waals surface area contributed by atoms with E-state index in [1.807, 2.05) is 19.9 Å². The number of furan rings is 1. The van der Waals surface area contributed by atoms with Crippen molar-refractivity contribution in [2.45, 2.75) is 34.2 Å². The molecule has 0 aliphatic rings. The number of hydrogen-bond donors (Lipinski definition) is 2. The maximum Gasteiger partial charge on any atom is 0.339 e. The largest absolute Gasteiger partial charge is 0.478 e. The van der Waals surface area contributed by atoms with Crippen LogP contribution < -0.4 is 5.32 Å². The summed E-state index contributed by atoms with van der Waals surface area (Å²) in [5.41, 5.74) is 3.23. The summed E-state index contributed by atoms with van der Waals surface area (Å²) in [5.74, 6) is -0.724. The molecular weight excluding hydrogens is 324 g/mol. The number of nitrogens with one attached hydrogen (secondary N) is 1. The summed E-state index contributed by atoms with van der Waals surface area (Å²) in [7, 11) is 0. The monoisotopic (exact) mass is 342 g/mol. The average molecular weight is 342 g/mol. The number of amides is 1. The number of aryl methyl sites for hydroxylation is 4. The van der Waals surface area contributed by atoms with Crippen LogP contribution in [-0.4, -0.2) is 31.6 Å². The molecule has 0 aromatic carbocycles. The highest BCUT2D eigenvalue weighted by molar-refractivity contribution is 6.01. The Kier molecular flexibility index (Phi) is 4.03. The standard InChI is InChI=1S/C17H18N4O4/c1-8-5-9(2)21-15(19-8)14(10(3)20-21)16(22)18-7-12-6-13(17(23)24)11(4)25-12/h5-6H,7H2,1-4H3,(H,18,22)(H,23,24). The van der Waals surface area contributed by atoms with Gasteiger partial charge in [-0.2, -0.15) is 5.10 Å². The highest BCUT2D eigenvalue weighted by Crippen LogP contribution is 2.17. The number of aromatic carboxylic acids is 1. The normalized spacial score (nSPS) is 11.0. The molecule has 1 amide bonds. The molecule has 0 saturated carbocycles. The molecular formula is C17H18N4O4. The second-order valence-electron chi connectivity index (χ2n) is 5.91. The summed E-state index contributed by atoms with van der Waals surface area (Å²) < 4.78 is 7.00. The van der Waals surface area contributed by atoms with Crippen LogP contribution in [-0.2, 0) is 6.54 Å². The van der Waals surface area contributed by atoms with E-state index in [2.05, 4.69) is 15.4 Å². The molecule has 0 bridgehead atoms. The van der Waals surface area contributed by atoms with E-state index in [4.69, 9.17) is 9.52 Å². The van der Waals surface area contributed by atoms with Crippen molar-refractivity contribution >= 4 is 17.5 Å². The number of carbonyl (C=O) groups excluding carboxylic acids is 1. The Hall–Kier alpha value is -3.16. The van der Waals surface area contributed by atoms with Crippen molar-refractivity contribution in [2.24, 2.45) is 0 Å². The molecule has 0 spiro atoms. The second kappa shape index (κ2) is 6.04. The Bertz CT molecular complexity index is 1000. The van der Waals surface area contributed by atoms with Crippen molar-refractivity contribution in [2.75, 3.05) is 0 Å². The third-order valence-corrected chi connectivity index (χ3v) is 3.92. The van der Waals surface area contributed by atoms with Gasteiger partial charge in [0.05, 0.1) is 12.2 Å². The van der Waals surface area contributed by atoms with Gasteiger partial charge in [0.15, 0.2) is 5.65 Å². The first-order valence-corrected chi connectivity index (χ1v) is 7.72. The highest BCUT2D eigenvalue weighted by atomic mass is 16.4. The molecule has 0 saturated heterocycles. The molecule has 25 heavy (non-hydrogen) atoms. The molecule has 3 heterocycles. The molecule has 0 radical (unpaired) electrons. The fourth-order valence-electron chi connectivity index (χ4n) is 2.79. The third kappa shape index (κ3) is 2.98. The van der Waals surface area contributed by atoms with E-state index in [1.165, 1.54) is 6.07 Å². The molecule has 8 nitrogen and oxygen atoms in total. The van der Waals surface area contributed by atoms with Crippen LogP contribution in [0.4, 0.5) is 0 Å². The Morgan fingerprint density at radius 3 is 2.60 bits per heavy atom. The van der Waals surface area contributed by atoms with Crippen LogP contribution in [0.1, 0.15) is 49.3 Å². The number of aromatic nitrogens is 3. The van der Waals surface area contributed by atoms with Gasteiger partial charge < -0.3 is 14.8 Å². The zero-order chi connectivity index (χ0) is 18.3. The predicted octanol–water partition coefficient (Wildman–Crippen LogP) is 2.18. The molecule has 0 unspecified atom stereocenters. The van der Waals surface area contributed by atoms with E-state index in [0.29, 0.717) is 28.4 Å². The first kappa shape index (κ1) is 16.7. The van der Waals surface area contributed by atoms with Crippen molar-refractivity contribution < 1.29 is 19.1 Å². The number of hydrogen-bond acceptors (Lipinski definition) is 5. The van der Waals surface area contributed by atoms with Crippen molar-refractivity contribution in [3.8, 4) is 0 Å². The summed E-state index contributed by atoms with van der Waals surface area (Å²) in [4.78, 5) is 28.1. The van der Waals surface area contributed by atoms with Crippen LogP contribution in [0.15, 0.2) is 16.5 Å². The maximum absolute atomic E-state index is 12.6. The summed E-state index contributed by atoms with van der Waals surface area (Å²) in [5, 5.41) is 16.1. The molecule has 0 aliphatic carbocycles. The molecule has 3 aromatic rings. The zero-order valence-electron chi connectivity index (χ0n) is 14.4. The second-order valence-corrected chi connectivity index (χ2v) is 5.91. The summed E-state index contributed by atoms with van der Waals surface area (Å²) >= 11 is 0. The lowest BCUT2D eigenvalue weighted by Crippen LogP contribution is -2.23. The topological polar surface area (TPSA) is 110 Å². The van der Waals surface area contributed by atoms with Gasteiger partial charge in [0.2, 0.25) is 0 Å². The fourth-order valence-corrected chi connectivity index (χ4v) is 2.79. The van der Waals surface area contributed by atoms with Gasteiger partial charge >= 0.3 is 5.97 Å². The number of nitrogens with zero attached hydrogens (tertiary/aromatic N) is 3. The minimum Gasteiger partial charge on any atom is -0.478 e. The molecule has 0 fully saturated rings. The summed E-state index contributed by atoms with van der Waals surface area (Å²) in [6, 6.07) is 3.30. The molecule has 3 aromatic heterocycles. The highest BCUT2D eigenvalue weighted by Gasteiger charge is 2.20. The number of carboxylic acid groups (broad SMARTS) is 1. The summed E-state index contributed by atoms with van der Waals surface area (Å²) in [6.07, 6.45) is 0. The van der Waals surface area contributed by atoms with Crippen molar-refractivity contribution in [3.05, 3.63) is 51.9 Å². The van der Waals surface area contributed by atoms with Gasteiger partial charge in [-0.25, -0.2) is 14.3 Å². The van der Waals surface area contributed by atoms with Crippen LogP contribution in [0, 0.1) is 27.7 Å². The van der Waals surface area contributed by atoms with Crippen LogP contribution >= 0.6 is 0 Å². The number of fused-ring (bicyclic) bond motifs is 1. The molecule has 0 aliphatic heterocycles. The van der Waals surface area contributed by atoms with Gasteiger partial charge in [-0.3, -0.25) is 4.79 Å². The Labute approximate surface area is 143 Å². The van der Waals surface area contributed by atoms with Crippen LogP contribution in [0.5, 0.6) is 0 Å². The predicted molar refractivity (Wildman–Crippen MR) is 88.8 cm³/mol. The van der Waals surface area contributed by atoms with Crippen molar-refractivity contribution in [1.82, 2.24) is 19.9 Å². The lowest BCUT2D eigenvalue weighted by molar-refractivity contribution is 0.0694. The molecule has 2 N–H and O–H groups in total. The Balaban J connectivity index is 1.87. The van der Waals surface area contributed by atoms with E-state index < -0.39 is 5.97 Å². The Morgan fingerprint density at radius 2 is 1.96 bits per heavy atom. The van der Waals surface area contributed by atoms with E-state index in [1.54, 1.807) is 18.4 Å². The number of carbonyl (C=O) groups is 2. The fraction of sp³-hybridized carbons (Fsp3) is 0.294. The van der Waals surface area contributed by atoms with Crippen LogP contribution in [0.25, 0.3) is 5.65 Å². The first-order chi connectivity index (χ1) is 11.8. The molecule has 8 heteroatoms. The van der Waals surface area contributed by atoms with Gasteiger partial charge in [0, 0.05) is 11.4 Å². The third-order valence-electron chi connectivity index (χ3n) is 3.92. The first-order valence-electron chi connectivity index (χ1n) is 7.72. The average Bonchev–Trinajstić information content (AvgIpc) is 3.05. The van der Waals surface area contributed by atoms with Gasteiger partial charge in [0.1, 0.15) is 22.6 Å². The van der Waals surface area contributed by atoms with Gasteiger partial charge in [-0.15, -0.1) is 0 Å². The molecule has 3 rings (SSSR count). The SMILES string of the molecule is Cc1cc(C)n2nc(C)c(C(=O)NCc3cc(C(=O)O)c(C)o3)c2n1.